The summed E-state index contributed by atoms with van der Waals surface area (Å²) in [5, 5.41) is 2.86. The lowest BCUT2D eigenvalue weighted by Gasteiger charge is -2.13. The molecular weight excluding hydrogens is 290 g/mol. The zero-order valence-corrected chi connectivity index (χ0v) is 13.6. The fourth-order valence-corrected chi connectivity index (χ4v) is 2.12. The lowest BCUT2D eigenvalue weighted by molar-refractivity contribution is -0.127. The summed E-state index contributed by atoms with van der Waals surface area (Å²) in [5.41, 5.74) is 3.03. The maximum Gasteiger partial charge on any atom is 0.253 e. The molecule has 2 rings (SSSR count). The van der Waals surface area contributed by atoms with Gasteiger partial charge in [0, 0.05) is 12.3 Å². The summed E-state index contributed by atoms with van der Waals surface area (Å²) in [7, 11) is 0. The first-order valence-corrected chi connectivity index (χ1v) is 7.86. The Hall–Kier alpha value is -2.17. The minimum Gasteiger partial charge on any atom is -0.379 e. The van der Waals surface area contributed by atoms with Gasteiger partial charge in [-0.05, 0) is 37.1 Å². The number of hydrogen-bond donors (Lipinski definition) is 1. The lowest BCUT2D eigenvalue weighted by atomic mass is 10.1. The average molecular weight is 313 g/mol. The van der Waals surface area contributed by atoms with Crippen molar-refractivity contribution in [1.82, 2.24) is 0 Å². The van der Waals surface area contributed by atoms with Crippen LogP contribution < -0.4 is 5.32 Å². The van der Waals surface area contributed by atoms with E-state index in [4.69, 9.17) is 9.47 Å². The number of benzene rings is 2. The van der Waals surface area contributed by atoms with Crippen molar-refractivity contribution in [2.24, 2.45) is 0 Å². The van der Waals surface area contributed by atoms with Gasteiger partial charge in [0.1, 0.15) is 6.10 Å². The van der Waals surface area contributed by atoms with Gasteiger partial charge in [-0.15, -0.1) is 0 Å². The average Bonchev–Trinajstić information content (AvgIpc) is 2.60. The molecule has 1 atom stereocenters. The van der Waals surface area contributed by atoms with E-state index in [-0.39, 0.29) is 5.91 Å². The highest BCUT2D eigenvalue weighted by Crippen LogP contribution is 2.21. The van der Waals surface area contributed by atoms with Crippen LogP contribution in [0, 0.1) is 0 Å². The molecule has 0 aliphatic heterocycles. The SMILES string of the molecule is CCOCCOC(C)C(=O)Nc1ccc(-c2ccccc2)cc1. The third-order valence-electron chi connectivity index (χ3n) is 3.43. The Balaban J connectivity index is 1.86. The summed E-state index contributed by atoms with van der Waals surface area (Å²) in [5.74, 6) is -0.158. The van der Waals surface area contributed by atoms with Gasteiger partial charge in [0.15, 0.2) is 0 Å². The number of rotatable bonds is 8. The van der Waals surface area contributed by atoms with Crippen LogP contribution in [0.2, 0.25) is 0 Å². The second-order valence-electron chi connectivity index (χ2n) is 5.14. The van der Waals surface area contributed by atoms with Gasteiger partial charge in [0.25, 0.3) is 5.91 Å². The summed E-state index contributed by atoms with van der Waals surface area (Å²) in [6, 6.07) is 17.9. The van der Waals surface area contributed by atoms with Crippen molar-refractivity contribution in [3.8, 4) is 11.1 Å². The zero-order chi connectivity index (χ0) is 16.5. The van der Waals surface area contributed by atoms with Gasteiger partial charge in [0.05, 0.1) is 13.2 Å². The Kier molecular flexibility index (Phi) is 6.78. The highest BCUT2D eigenvalue weighted by atomic mass is 16.5. The molecule has 2 aromatic carbocycles. The summed E-state index contributed by atoms with van der Waals surface area (Å²) in [6.07, 6.45) is -0.510. The molecule has 0 spiro atoms. The highest BCUT2D eigenvalue weighted by molar-refractivity contribution is 5.94. The molecule has 0 saturated carbocycles. The fraction of sp³-hybridized carbons (Fsp3) is 0.316. The molecule has 1 amide bonds. The summed E-state index contributed by atoms with van der Waals surface area (Å²) >= 11 is 0. The highest BCUT2D eigenvalue weighted by Gasteiger charge is 2.13. The van der Waals surface area contributed by atoms with Gasteiger partial charge >= 0.3 is 0 Å². The third-order valence-corrected chi connectivity index (χ3v) is 3.43. The van der Waals surface area contributed by atoms with Crippen LogP contribution in [-0.4, -0.2) is 31.8 Å². The topological polar surface area (TPSA) is 47.6 Å². The van der Waals surface area contributed by atoms with E-state index < -0.39 is 6.10 Å². The number of amides is 1. The van der Waals surface area contributed by atoms with Crippen LogP contribution in [0.1, 0.15) is 13.8 Å². The van der Waals surface area contributed by atoms with Crippen molar-refractivity contribution >= 4 is 11.6 Å². The first-order valence-electron chi connectivity index (χ1n) is 7.86. The van der Waals surface area contributed by atoms with E-state index in [1.807, 2.05) is 49.4 Å². The van der Waals surface area contributed by atoms with E-state index in [1.54, 1.807) is 6.92 Å². The van der Waals surface area contributed by atoms with E-state index in [0.717, 1.165) is 16.8 Å². The molecule has 2 aromatic rings. The van der Waals surface area contributed by atoms with Crippen molar-refractivity contribution in [3.63, 3.8) is 0 Å². The van der Waals surface area contributed by atoms with Crippen LogP contribution in [-0.2, 0) is 14.3 Å². The second kappa shape index (κ2) is 9.08. The molecule has 23 heavy (non-hydrogen) atoms. The molecule has 0 saturated heterocycles. The predicted molar refractivity (Wildman–Crippen MR) is 92.4 cm³/mol. The van der Waals surface area contributed by atoms with Crippen molar-refractivity contribution in [2.45, 2.75) is 20.0 Å². The number of hydrogen-bond acceptors (Lipinski definition) is 3. The first kappa shape index (κ1) is 17.2. The molecule has 1 unspecified atom stereocenters. The summed E-state index contributed by atoms with van der Waals surface area (Å²) in [6.45, 7) is 5.22. The molecule has 122 valence electrons. The molecule has 0 fully saturated rings. The van der Waals surface area contributed by atoms with Crippen molar-refractivity contribution in [2.75, 3.05) is 25.1 Å². The van der Waals surface area contributed by atoms with E-state index in [1.165, 1.54) is 0 Å². The maximum atomic E-state index is 12.1. The van der Waals surface area contributed by atoms with E-state index >= 15 is 0 Å². The van der Waals surface area contributed by atoms with E-state index in [0.29, 0.717) is 19.8 Å². The molecule has 0 bridgehead atoms. The van der Waals surface area contributed by atoms with Gasteiger partial charge in [-0.1, -0.05) is 42.5 Å². The predicted octanol–water partition coefficient (Wildman–Crippen LogP) is 3.73. The van der Waals surface area contributed by atoms with Crippen molar-refractivity contribution in [3.05, 3.63) is 54.6 Å². The largest absolute Gasteiger partial charge is 0.379 e. The van der Waals surface area contributed by atoms with Gasteiger partial charge in [0.2, 0.25) is 0 Å². The fourth-order valence-electron chi connectivity index (χ4n) is 2.12. The molecule has 0 radical (unpaired) electrons. The monoisotopic (exact) mass is 313 g/mol. The number of carbonyl (C=O) groups is 1. The smallest absolute Gasteiger partial charge is 0.253 e. The molecule has 4 nitrogen and oxygen atoms in total. The van der Waals surface area contributed by atoms with E-state index in [2.05, 4.69) is 17.4 Å². The number of anilines is 1. The minimum atomic E-state index is -0.510. The maximum absolute atomic E-state index is 12.1. The van der Waals surface area contributed by atoms with Crippen molar-refractivity contribution in [1.29, 1.82) is 0 Å². The van der Waals surface area contributed by atoms with Crippen LogP contribution in [0.4, 0.5) is 5.69 Å². The molecular formula is C19H23NO3. The lowest BCUT2D eigenvalue weighted by Crippen LogP contribution is -2.28. The molecule has 0 aliphatic rings. The third kappa shape index (κ3) is 5.51. The van der Waals surface area contributed by atoms with Crippen LogP contribution in [0.25, 0.3) is 11.1 Å². The van der Waals surface area contributed by atoms with Crippen molar-refractivity contribution < 1.29 is 14.3 Å². The zero-order valence-electron chi connectivity index (χ0n) is 13.6. The standard InChI is InChI=1S/C19H23NO3/c1-3-22-13-14-23-15(2)19(21)20-18-11-9-17(10-12-18)16-7-5-4-6-8-16/h4-12,15H,3,13-14H2,1-2H3,(H,20,21). The number of carbonyl (C=O) groups excluding carboxylic acids is 1. The van der Waals surface area contributed by atoms with Crippen LogP contribution >= 0.6 is 0 Å². The molecule has 0 aromatic heterocycles. The Morgan fingerprint density at radius 2 is 1.65 bits per heavy atom. The minimum absolute atomic E-state index is 0.158. The number of ether oxygens (including phenoxy) is 2. The van der Waals surface area contributed by atoms with E-state index in [9.17, 15) is 4.79 Å². The number of nitrogens with one attached hydrogen (secondary N) is 1. The Morgan fingerprint density at radius 1 is 1.00 bits per heavy atom. The second-order valence-corrected chi connectivity index (χ2v) is 5.14. The summed E-state index contributed by atoms with van der Waals surface area (Å²) < 4.78 is 10.6. The quantitative estimate of drug-likeness (QED) is 0.755. The van der Waals surface area contributed by atoms with Crippen LogP contribution in [0.5, 0.6) is 0 Å². The normalized spacial score (nSPS) is 11.9. The Bertz CT molecular complexity index is 596. The van der Waals surface area contributed by atoms with Crippen LogP contribution in [0.3, 0.4) is 0 Å². The molecule has 4 heteroatoms. The van der Waals surface area contributed by atoms with Gasteiger partial charge in [-0.3, -0.25) is 4.79 Å². The molecule has 1 N–H and O–H groups in total. The van der Waals surface area contributed by atoms with Gasteiger partial charge < -0.3 is 14.8 Å². The molecule has 0 aliphatic carbocycles. The first-order chi connectivity index (χ1) is 11.2. The van der Waals surface area contributed by atoms with Gasteiger partial charge in [-0.25, -0.2) is 0 Å². The van der Waals surface area contributed by atoms with Crippen LogP contribution in [0.15, 0.2) is 54.6 Å². The van der Waals surface area contributed by atoms with Gasteiger partial charge in [-0.2, -0.15) is 0 Å². The Labute approximate surface area is 137 Å². The molecule has 0 heterocycles. The summed E-state index contributed by atoms with van der Waals surface area (Å²) in [4.78, 5) is 12.1. The Morgan fingerprint density at radius 3 is 2.30 bits per heavy atom.